The Balaban J connectivity index is 1.42. The van der Waals surface area contributed by atoms with Crippen molar-refractivity contribution in [2.45, 2.75) is 109 Å². The van der Waals surface area contributed by atoms with E-state index in [4.69, 9.17) is 4.65 Å². The zero-order valence-electron chi connectivity index (χ0n) is 23.6. The number of phenolic OH excluding ortho intramolecular Hbond substituents is 1. The van der Waals surface area contributed by atoms with Gasteiger partial charge in [0, 0.05) is 11.6 Å². The third-order valence-electron chi connectivity index (χ3n) is 9.43. The molecule has 0 radical (unpaired) electrons. The molecular weight excluding hydrogens is 489 g/mol. The van der Waals surface area contributed by atoms with Gasteiger partial charge in [-0.1, -0.05) is 81.4 Å². The van der Waals surface area contributed by atoms with E-state index in [1.54, 1.807) is 11.0 Å². The monoisotopic (exact) mass is 533 g/mol. The van der Waals surface area contributed by atoms with Gasteiger partial charge in [0.15, 0.2) is 0 Å². The highest BCUT2D eigenvalue weighted by Crippen LogP contribution is 2.52. The summed E-state index contributed by atoms with van der Waals surface area (Å²) in [6.07, 6.45) is 13.3. The van der Waals surface area contributed by atoms with Crippen molar-refractivity contribution < 1.29 is 24.4 Å². The van der Waals surface area contributed by atoms with E-state index in [0.29, 0.717) is 19.2 Å². The van der Waals surface area contributed by atoms with Crippen LogP contribution < -0.4 is 0 Å². The molecule has 210 valence electrons. The number of fused-ring (bicyclic) bond motifs is 3. The minimum absolute atomic E-state index is 0.00563. The Labute approximate surface area is 233 Å². The first-order valence-corrected chi connectivity index (χ1v) is 15.3. The molecule has 4 aliphatic rings. The van der Waals surface area contributed by atoms with Crippen LogP contribution in [0.1, 0.15) is 96.5 Å². The van der Waals surface area contributed by atoms with E-state index in [0.717, 1.165) is 63.4 Å². The minimum Gasteiger partial charge on any atom is -0.507 e. The number of phenols is 1. The molecule has 2 saturated heterocycles. The molecule has 3 fully saturated rings. The Bertz CT molecular complexity index is 1120. The molecule has 2 heterocycles. The highest BCUT2D eigenvalue weighted by molar-refractivity contribution is 6.43. The molecule has 7 heteroatoms. The summed E-state index contributed by atoms with van der Waals surface area (Å²) in [6.45, 7) is 4.31. The average Bonchev–Trinajstić information content (AvgIpc) is 3.18. The van der Waals surface area contributed by atoms with Gasteiger partial charge >= 0.3 is 7.12 Å². The number of hydrogen-bond acceptors (Lipinski definition) is 5. The van der Waals surface area contributed by atoms with Crippen LogP contribution in [-0.2, 0) is 14.2 Å². The summed E-state index contributed by atoms with van der Waals surface area (Å²) >= 11 is 0. The maximum Gasteiger partial charge on any atom is 0.455 e. The lowest BCUT2D eigenvalue weighted by molar-refractivity contribution is -0.143. The third-order valence-corrected chi connectivity index (χ3v) is 9.43. The van der Waals surface area contributed by atoms with E-state index in [2.05, 4.69) is 19.9 Å². The molecule has 0 unspecified atom stereocenters. The van der Waals surface area contributed by atoms with Crippen LogP contribution in [0.25, 0.3) is 6.08 Å². The predicted molar refractivity (Wildman–Crippen MR) is 154 cm³/mol. The van der Waals surface area contributed by atoms with Crippen LogP contribution >= 0.6 is 0 Å². The second-order valence-electron chi connectivity index (χ2n) is 12.1. The van der Waals surface area contributed by atoms with Crippen molar-refractivity contribution in [1.82, 2.24) is 4.90 Å². The Hall–Kier alpha value is -2.38. The lowest BCUT2D eigenvalue weighted by Gasteiger charge is -2.43. The number of allylic oxidation sites excluding steroid dienone is 2. The van der Waals surface area contributed by atoms with E-state index in [1.165, 1.54) is 23.1 Å². The van der Waals surface area contributed by atoms with Crippen molar-refractivity contribution in [3.05, 3.63) is 46.5 Å². The summed E-state index contributed by atoms with van der Waals surface area (Å²) in [5.74, 6) is -0.512. The molecule has 6 nitrogen and oxygen atoms in total. The topological polar surface area (TPSA) is 87.1 Å². The quantitative estimate of drug-likeness (QED) is 0.222. The SMILES string of the molecule is CCCC1=C2[C@@H](CC/C(=C/c3ccccc3O)CCC)OB(O)C[C@@H]2[C@@H]2C(=O)N(C3CCCCC3)C(=O)[C@@H]2C1. The van der Waals surface area contributed by atoms with Gasteiger partial charge in [0.05, 0.1) is 17.9 Å². The third kappa shape index (κ3) is 5.76. The Morgan fingerprint density at radius 3 is 2.54 bits per heavy atom. The molecule has 2 aliphatic heterocycles. The number of carbonyl (C=O) groups excluding carboxylic acids is 2. The van der Waals surface area contributed by atoms with Crippen molar-refractivity contribution in [2.24, 2.45) is 17.8 Å². The van der Waals surface area contributed by atoms with Crippen molar-refractivity contribution in [2.75, 3.05) is 0 Å². The summed E-state index contributed by atoms with van der Waals surface area (Å²) in [5, 5.41) is 21.2. The Morgan fingerprint density at radius 1 is 1.05 bits per heavy atom. The molecule has 39 heavy (non-hydrogen) atoms. The van der Waals surface area contributed by atoms with Gasteiger partial charge in [0.25, 0.3) is 0 Å². The van der Waals surface area contributed by atoms with Gasteiger partial charge in [-0.2, -0.15) is 0 Å². The van der Waals surface area contributed by atoms with Crippen LogP contribution in [0.5, 0.6) is 5.75 Å². The van der Waals surface area contributed by atoms with Crippen molar-refractivity contribution in [3.63, 3.8) is 0 Å². The fourth-order valence-corrected chi connectivity index (χ4v) is 7.76. The summed E-state index contributed by atoms with van der Waals surface area (Å²) in [6, 6.07) is 7.42. The van der Waals surface area contributed by atoms with Crippen molar-refractivity contribution >= 4 is 25.0 Å². The van der Waals surface area contributed by atoms with Crippen molar-refractivity contribution in [3.8, 4) is 5.75 Å². The number of benzene rings is 1. The number of amides is 2. The second-order valence-corrected chi connectivity index (χ2v) is 12.1. The lowest BCUT2D eigenvalue weighted by atomic mass is 9.58. The molecule has 0 aromatic heterocycles. The zero-order chi connectivity index (χ0) is 27.5. The number of para-hydroxylation sites is 1. The summed E-state index contributed by atoms with van der Waals surface area (Å²) in [5.41, 5.74) is 4.51. The van der Waals surface area contributed by atoms with Crippen LogP contribution in [0.4, 0.5) is 0 Å². The molecule has 0 bridgehead atoms. The number of rotatable bonds is 9. The van der Waals surface area contributed by atoms with Crippen LogP contribution in [-0.4, -0.2) is 46.1 Å². The summed E-state index contributed by atoms with van der Waals surface area (Å²) < 4.78 is 6.20. The number of likely N-dealkylation sites (tertiary alicyclic amines) is 1. The number of hydrogen-bond donors (Lipinski definition) is 2. The number of imide groups is 1. The van der Waals surface area contributed by atoms with E-state index < -0.39 is 7.12 Å². The Kier molecular flexibility index (Phi) is 8.97. The van der Waals surface area contributed by atoms with Gasteiger partial charge in [0.1, 0.15) is 5.75 Å². The van der Waals surface area contributed by atoms with Gasteiger partial charge in [-0.15, -0.1) is 0 Å². The first kappa shape index (κ1) is 28.2. The van der Waals surface area contributed by atoms with Gasteiger partial charge in [-0.05, 0) is 68.8 Å². The zero-order valence-corrected chi connectivity index (χ0v) is 23.6. The summed E-state index contributed by atoms with van der Waals surface area (Å²) in [4.78, 5) is 29.2. The fraction of sp³-hybridized carbons (Fsp3) is 0.625. The van der Waals surface area contributed by atoms with Gasteiger partial charge in [-0.25, -0.2) is 0 Å². The number of aromatic hydroxyl groups is 1. The molecular formula is C32H44BNO5. The molecule has 2 N–H and O–H groups in total. The van der Waals surface area contributed by atoms with Gasteiger partial charge in [-0.3, -0.25) is 14.5 Å². The van der Waals surface area contributed by atoms with Crippen LogP contribution in [0.15, 0.2) is 41.0 Å². The molecule has 5 rings (SSSR count). The molecule has 1 saturated carbocycles. The number of nitrogens with zero attached hydrogens (tertiary/aromatic N) is 1. The molecule has 2 aliphatic carbocycles. The molecule has 2 amide bonds. The first-order valence-electron chi connectivity index (χ1n) is 15.3. The molecule has 1 aromatic rings. The molecule has 0 spiro atoms. The Morgan fingerprint density at radius 2 is 1.82 bits per heavy atom. The smallest absolute Gasteiger partial charge is 0.455 e. The van der Waals surface area contributed by atoms with Gasteiger partial charge < -0.3 is 14.8 Å². The standard InChI is InChI=1S/C32H44BNO5/c1-3-10-21(18-22-12-8-9-15-27(22)35)16-17-28-29-23(11-4-2)19-25-30(26(29)20-33(38)39-28)32(37)34(31(25)36)24-13-6-5-7-14-24/h8-9,12,15,18,24-26,28,30,35,38H,3-7,10-11,13-14,16-17,19-20H2,1-2H3/b21-18+/t25-,26+,28-,30-/m1/s1. The maximum absolute atomic E-state index is 13.9. The second kappa shape index (κ2) is 12.4. The van der Waals surface area contributed by atoms with E-state index in [1.807, 2.05) is 18.2 Å². The van der Waals surface area contributed by atoms with Crippen molar-refractivity contribution in [1.29, 1.82) is 0 Å². The van der Waals surface area contributed by atoms with Crippen LogP contribution in [0, 0.1) is 17.8 Å². The van der Waals surface area contributed by atoms with E-state index >= 15 is 0 Å². The maximum atomic E-state index is 13.9. The average molecular weight is 534 g/mol. The normalized spacial score (nSPS) is 28.2. The minimum atomic E-state index is -0.936. The highest BCUT2D eigenvalue weighted by Gasteiger charge is 2.58. The lowest BCUT2D eigenvalue weighted by Crippen LogP contribution is -2.46. The fourth-order valence-electron chi connectivity index (χ4n) is 7.76. The molecule has 4 atom stereocenters. The van der Waals surface area contributed by atoms with E-state index in [9.17, 15) is 19.7 Å². The first-order chi connectivity index (χ1) is 18.9. The largest absolute Gasteiger partial charge is 0.507 e. The highest BCUT2D eigenvalue weighted by atomic mass is 16.5. The van der Waals surface area contributed by atoms with Crippen LogP contribution in [0.2, 0.25) is 6.32 Å². The van der Waals surface area contributed by atoms with Crippen LogP contribution in [0.3, 0.4) is 0 Å². The van der Waals surface area contributed by atoms with Gasteiger partial charge in [0.2, 0.25) is 11.8 Å². The number of carbonyl (C=O) groups is 2. The predicted octanol–water partition coefficient (Wildman–Crippen LogP) is 6.29. The molecule has 1 aromatic carbocycles. The van der Waals surface area contributed by atoms with E-state index in [-0.39, 0.29) is 47.5 Å². The summed E-state index contributed by atoms with van der Waals surface area (Å²) in [7, 11) is -0.936.